The summed E-state index contributed by atoms with van der Waals surface area (Å²) in [5, 5.41) is 8.99. The van der Waals surface area contributed by atoms with Crippen molar-refractivity contribution in [3.8, 4) is 0 Å². The topological polar surface area (TPSA) is 50.2 Å². The summed E-state index contributed by atoms with van der Waals surface area (Å²) in [6, 6.07) is 1.14. The molecule has 0 saturated heterocycles. The number of carboxylic acid groups (broad SMARTS) is 1. The van der Waals surface area contributed by atoms with Gasteiger partial charge in [0.15, 0.2) is 0 Å². The Balaban J connectivity index is 3.24. The van der Waals surface area contributed by atoms with Crippen molar-refractivity contribution < 1.29 is 18.7 Å². The Labute approximate surface area is 86.9 Å². The molecule has 3 nitrogen and oxygen atoms in total. The van der Waals surface area contributed by atoms with Crippen LogP contribution in [0.2, 0.25) is 0 Å². The first-order valence-corrected chi connectivity index (χ1v) is 4.74. The smallest absolute Gasteiger partial charge is 0.336 e. The van der Waals surface area contributed by atoms with Crippen LogP contribution in [0, 0.1) is 0 Å². The molecule has 0 aliphatic heterocycles. The third-order valence-electron chi connectivity index (χ3n) is 1.59. The number of alkyl halides is 3. The number of hydrogen-bond acceptors (Lipinski definition) is 2. The van der Waals surface area contributed by atoms with Crippen LogP contribution in [0.1, 0.15) is 28.0 Å². The first kappa shape index (κ1) is 11.0. The van der Waals surface area contributed by atoms with E-state index in [1.54, 1.807) is 0 Å². The monoisotopic (exact) mass is 265 g/mol. The Morgan fingerprint density at radius 3 is 2.71 bits per heavy atom. The highest BCUT2D eigenvalue weighted by Gasteiger charge is 2.18. The summed E-state index contributed by atoms with van der Waals surface area (Å²) in [7, 11) is 0. The minimum atomic E-state index is -2.82. The maximum absolute atomic E-state index is 12.3. The molecule has 76 valence electrons. The standard InChI is InChI=1S/C8H6BrF2NO2/c9-2-4-1-5(8(13)14)6(3-12-4)7(10)11/h1,3,7H,2H2,(H,13,14). The summed E-state index contributed by atoms with van der Waals surface area (Å²) in [4.78, 5) is 14.3. The highest BCUT2D eigenvalue weighted by atomic mass is 79.9. The Morgan fingerprint density at radius 2 is 2.29 bits per heavy atom. The van der Waals surface area contributed by atoms with Gasteiger partial charge in [0.25, 0.3) is 6.43 Å². The Hall–Kier alpha value is -1.04. The molecule has 6 heteroatoms. The van der Waals surface area contributed by atoms with E-state index in [1.165, 1.54) is 0 Å². The third-order valence-corrected chi connectivity index (χ3v) is 2.17. The Bertz CT molecular complexity index is 357. The van der Waals surface area contributed by atoms with Gasteiger partial charge in [-0.05, 0) is 6.07 Å². The van der Waals surface area contributed by atoms with Crippen LogP contribution in [0.25, 0.3) is 0 Å². The first-order valence-electron chi connectivity index (χ1n) is 3.62. The van der Waals surface area contributed by atoms with E-state index in [9.17, 15) is 13.6 Å². The van der Waals surface area contributed by atoms with E-state index in [-0.39, 0.29) is 0 Å². The van der Waals surface area contributed by atoms with Crippen molar-refractivity contribution in [2.75, 3.05) is 0 Å². The van der Waals surface area contributed by atoms with Crippen molar-refractivity contribution in [2.24, 2.45) is 0 Å². The molecule has 0 amide bonds. The van der Waals surface area contributed by atoms with Crippen LogP contribution >= 0.6 is 15.9 Å². The van der Waals surface area contributed by atoms with Gasteiger partial charge in [-0.2, -0.15) is 0 Å². The lowest BCUT2D eigenvalue weighted by molar-refractivity contribution is 0.0684. The summed E-state index contributed by atoms with van der Waals surface area (Å²) in [5.41, 5.74) is -0.543. The number of pyridine rings is 1. The molecule has 0 fully saturated rings. The van der Waals surface area contributed by atoms with Gasteiger partial charge in [0.1, 0.15) is 0 Å². The highest BCUT2D eigenvalue weighted by molar-refractivity contribution is 9.08. The SMILES string of the molecule is O=C(O)c1cc(CBr)ncc1C(F)F. The zero-order chi connectivity index (χ0) is 10.7. The van der Waals surface area contributed by atoms with Crippen LogP contribution in [0.15, 0.2) is 12.3 Å². The average molecular weight is 266 g/mol. The second-order valence-corrected chi connectivity index (χ2v) is 3.06. The van der Waals surface area contributed by atoms with E-state index in [1.807, 2.05) is 0 Å². The third kappa shape index (κ3) is 2.25. The van der Waals surface area contributed by atoms with Crippen LogP contribution in [0.3, 0.4) is 0 Å². The lowest BCUT2D eigenvalue weighted by atomic mass is 10.1. The maximum atomic E-state index is 12.3. The second kappa shape index (κ2) is 4.45. The number of carboxylic acids is 1. The minimum Gasteiger partial charge on any atom is -0.478 e. The molecule has 1 aromatic heterocycles. The predicted molar refractivity (Wildman–Crippen MR) is 48.8 cm³/mol. The average Bonchev–Trinajstić information content (AvgIpc) is 2.16. The molecule has 0 radical (unpaired) electrons. The largest absolute Gasteiger partial charge is 0.478 e. The van der Waals surface area contributed by atoms with Crippen molar-refractivity contribution in [1.82, 2.24) is 4.98 Å². The van der Waals surface area contributed by atoms with Gasteiger partial charge in [0, 0.05) is 11.5 Å². The molecule has 1 heterocycles. The maximum Gasteiger partial charge on any atom is 0.336 e. The van der Waals surface area contributed by atoms with E-state index in [4.69, 9.17) is 5.11 Å². The molecule has 1 N–H and O–H groups in total. The number of carbonyl (C=O) groups is 1. The normalized spacial score (nSPS) is 10.6. The molecule has 0 bridgehead atoms. The fourth-order valence-corrected chi connectivity index (χ4v) is 1.25. The zero-order valence-corrected chi connectivity index (χ0v) is 8.46. The van der Waals surface area contributed by atoms with Crippen molar-refractivity contribution in [1.29, 1.82) is 0 Å². The lowest BCUT2D eigenvalue weighted by Crippen LogP contribution is -2.05. The summed E-state index contributed by atoms with van der Waals surface area (Å²) in [6.45, 7) is 0. The Kier molecular flexibility index (Phi) is 3.51. The molecule has 1 aromatic rings. The molecule has 0 atom stereocenters. The fraction of sp³-hybridized carbons (Fsp3) is 0.250. The molecular weight excluding hydrogens is 260 g/mol. The zero-order valence-electron chi connectivity index (χ0n) is 6.88. The molecule has 0 aromatic carbocycles. The lowest BCUT2D eigenvalue weighted by Gasteiger charge is -2.05. The van der Waals surface area contributed by atoms with Crippen LogP contribution in [0.5, 0.6) is 0 Å². The van der Waals surface area contributed by atoms with Gasteiger partial charge in [-0.15, -0.1) is 0 Å². The number of nitrogens with zero attached hydrogens (tertiary/aromatic N) is 1. The van der Waals surface area contributed by atoms with Crippen molar-refractivity contribution in [3.63, 3.8) is 0 Å². The number of aromatic carboxylic acids is 1. The van der Waals surface area contributed by atoms with Gasteiger partial charge < -0.3 is 5.11 Å². The van der Waals surface area contributed by atoms with Crippen LogP contribution in [-0.2, 0) is 5.33 Å². The van der Waals surface area contributed by atoms with Gasteiger partial charge in [0.2, 0.25) is 0 Å². The molecule has 0 saturated carbocycles. The number of hydrogen-bond donors (Lipinski definition) is 1. The van der Waals surface area contributed by atoms with E-state index in [2.05, 4.69) is 20.9 Å². The molecule has 1 rings (SSSR count). The van der Waals surface area contributed by atoms with Crippen molar-refractivity contribution in [3.05, 3.63) is 29.1 Å². The van der Waals surface area contributed by atoms with Gasteiger partial charge in [0.05, 0.1) is 16.8 Å². The van der Waals surface area contributed by atoms with Gasteiger partial charge in [-0.25, -0.2) is 13.6 Å². The second-order valence-electron chi connectivity index (χ2n) is 2.50. The van der Waals surface area contributed by atoms with Crippen LogP contribution < -0.4 is 0 Å². The summed E-state index contributed by atoms with van der Waals surface area (Å²) in [5.74, 6) is -1.37. The quantitative estimate of drug-likeness (QED) is 0.855. The summed E-state index contributed by atoms with van der Waals surface area (Å²) in [6.07, 6.45) is -1.93. The Morgan fingerprint density at radius 1 is 1.64 bits per heavy atom. The summed E-state index contributed by atoms with van der Waals surface area (Å²) < 4.78 is 24.6. The molecule has 0 unspecified atom stereocenters. The predicted octanol–water partition coefficient (Wildman–Crippen LogP) is 2.61. The molecule has 0 aliphatic rings. The molecule has 14 heavy (non-hydrogen) atoms. The number of aromatic nitrogens is 1. The molecule has 0 aliphatic carbocycles. The molecular formula is C8H6BrF2NO2. The summed E-state index contributed by atoms with van der Waals surface area (Å²) >= 11 is 3.06. The number of rotatable bonds is 3. The van der Waals surface area contributed by atoms with Gasteiger partial charge in [-0.3, -0.25) is 4.98 Å². The molecule has 0 spiro atoms. The van der Waals surface area contributed by atoms with E-state index >= 15 is 0 Å². The van der Waals surface area contributed by atoms with Crippen LogP contribution in [0.4, 0.5) is 8.78 Å². The van der Waals surface area contributed by atoms with E-state index in [0.29, 0.717) is 11.0 Å². The number of halogens is 3. The van der Waals surface area contributed by atoms with Gasteiger partial charge >= 0.3 is 5.97 Å². The van der Waals surface area contributed by atoms with Crippen molar-refractivity contribution >= 4 is 21.9 Å². The van der Waals surface area contributed by atoms with Gasteiger partial charge in [-0.1, -0.05) is 15.9 Å². The first-order chi connectivity index (χ1) is 6.56. The van der Waals surface area contributed by atoms with E-state index < -0.39 is 23.5 Å². The van der Waals surface area contributed by atoms with E-state index in [0.717, 1.165) is 12.3 Å². The minimum absolute atomic E-state index is 0.330. The fourth-order valence-electron chi connectivity index (χ4n) is 0.941. The highest BCUT2D eigenvalue weighted by Crippen LogP contribution is 2.23. The van der Waals surface area contributed by atoms with Crippen molar-refractivity contribution in [2.45, 2.75) is 11.8 Å². The van der Waals surface area contributed by atoms with Crippen LogP contribution in [-0.4, -0.2) is 16.1 Å².